The predicted octanol–water partition coefficient (Wildman–Crippen LogP) is 16.3. The van der Waals surface area contributed by atoms with Crippen LogP contribution in [0.25, 0.3) is 54.3 Å². The summed E-state index contributed by atoms with van der Waals surface area (Å²) in [6.07, 6.45) is 32.3. The molecule has 2 heteroatoms. The predicted molar refractivity (Wildman–Crippen MR) is 219 cm³/mol. The van der Waals surface area contributed by atoms with Gasteiger partial charge in [-0.3, -0.25) is 0 Å². The SMILES string of the molecule is CCCCCCCCCCCCCc1cc2cc3c(ccc4c5cc6cc(CCCCCCCCCCCCC)oc6cc5ccc34)cc2o1. The molecule has 0 N–H and O–H groups in total. The number of furan rings is 2. The van der Waals surface area contributed by atoms with E-state index in [-0.39, 0.29) is 0 Å². The van der Waals surface area contributed by atoms with Crippen LogP contribution in [0, 0.1) is 0 Å². The van der Waals surface area contributed by atoms with Gasteiger partial charge in [-0.2, -0.15) is 0 Å². The Kier molecular flexibility index (Phi) is 14.2. The van der Waals surface area contributed by atoms with E-state index < -0.39 is 0 Å². The van der Waals surface area contributed by atoms with Gasteiger partial charge in [0.25, 0.3) is 0 Å². The van der Waals surface area contributed by atoms with Crippen molar-refractivity contribution in [3.05, 3.63) is 72.2 Å². The first-order valence-corrected chi connectivity index (χ1v) is 21.0. The molecule has 0 bridgehead atoms. The molecule has 6 aromatic rings. The molecule has 0 unspecified atom stereocenters. The molecule has 0 atom stereocenters. The maximum Gasteiger partial charge on any atom is 0.134 e. The molecule has 0 fully saturated rings. The van der Waals surface area contributed by atoms with Crippen LogP contribution in [-0.2, 0) is 12.8 Å². The molecule has 0 aliphatic rings. The van der Waals surface area contributed by atoms with Crippen molar-refractivity contribution in [2.75, 3.05) is 0 Å². The lowest BCUT2D eigenvalue weighted by molar-refractivity contribution is 0.514. The molecule has 0 aliphatic heterocycles. The highest BCUT2D eigenvalue weighted by atomic mass is 16.3. The van der Waals surface area contributed by atoms with E-state index in [9.17, 15) is 0 Å². The summed E-state index contributed by atoms with van der Waals surface area (Å²) in [5.74, 6) is 2.26. The Hall–Kier alpha value is -3.26. The Morgan fingerprint density at radius 1 is 0.320 bits per heavy atom. The zero-order chi connectivity index (χ0) is 34.4. The second-order valence-corrected chi connectivity index (χ2v) is 15.4. The van der Waals surface area contributed by atoms with Crippen molar-refractivity contribution in [2.24, 2.45) is 0 Å². The molecular formula is C48H64O2. The summed E-state index contributed by atoms with van der Waals surface area (Å²) >= 11 is 0. The third kappa shape index (κ3) is 9.95. The molecule has 50 heavy (non-hydrogen) atoms. The molecule has 0 saturated carbocycles. The van der Waals surface area contributed by atoms with Crippen LogP contribution in [0.3, 0.4) is 0 Å². The third-order valence-electron chi connectivity index (χ3n) is 11.3. The minimum atomic E-state index is 1.01. The van der Waals surface area contributed by atoms with Gasteiger partial charge >= 0.3 is 0 Å². The molecule has 268 valence electrons. The summed E-state index contributed by atoms with van der Waals surface area (Å²) in [6, 6.07) is 23.0. The molecule has 0 radical (unpaired) electrons. The second kappa shape index (κ2) is 19.4. The fourth-order valence-electron chi connectivity index (χ4n) is 8.23. The molecule has 0 amide bonds. The lowest BCUT2D eigenvalue weighted by Gasteiger charge is -2.08. The van der Waals surface area contributed by atoms with Gasteiger partial charge in [-0.25, -0.2) is 0 Å². The van der Waals surface area contributed by atoms with Crippen LogP contribution < -0.4 is 0 Å². The zero-order valence-corrected chi connectivity index (χ0v) is 31.6. The molecule has 6 rings (SSSR count). The minimum absolute atomic E-state index is 1.01. The monoisotopic (exact) mass is 672 g/mol. The molecule has 4 aromatic carbocycles. The summed E-state index contributed by atoms with van der Waals surface area (Å²) in [4.78, 5) is 0. The van der Waals surface area contributed by atoms with Crippen molar-refractivity contribution in [1.82, 2.24) is 0 Å². The minimum Gasteiger partial charge on any atom is -0.461 e. The molecular weight excluding hydrogens is 609 g/mol. The van der Waals surface area contributed by atoms with Crippen molar-refractivity contribution < 1.29 is 8.83 Å². The topological polar surface area (TPSA) is 26.3 Å². The number of rotatable bonds is 24. The molecule has 2 aromatic heterocycles. The smallest absolute Gasteiger partial charge is 0.134 e. The Bertz CT molecular complexity index is 1760. The lowest BCUT2D eigenvalue weighted by Crippen LogP contribution is -1.84. The molecule has 0 saturated heterocycles. The largest absolute Gasteiger partial charge is 0.461 e. The summed E-state index contributed by atoms with van der Waals surface area (Å²) < 4.78 is 12.7. The van der Waals surface area contributed by atoms with Crippen molar-refractivity contribution in [2.45, 2.75) is 168 Å². The number of benzene rings is 4. The number of aryl methyl sites for hydroxylation is 2. The number of fused-ring (bicyclic) bond motifs is 7. The van der Waals surface area contributed by atoms with Gasteiger partial charge < -0.3 is 8.83 Å². The van der Waals surface area contributed by atoms with E-state index in [0.717, 1.165) is 35.5 Å². The Morgan fingerprint density at radius 2 is 0.660 bits per heavy atom. The van der Waals surface area contributed by atoms with Gasteiger partial charge in [-0.05, 0) is 81.6 Å². The lowest BCUT2D eigenvalue weighted by atomic mass is 9.95. The Labute approximate surface area is 302 Å². The van der Waals surface area contributed by atoms with Crippen LogP contribution in [0.1, 0.15) is 167 Å². The van der Waals surface area contributed by atoms with Gasteiger partial charge in [-0.1, -0.05) is 167 Å². The van der Waals surface area contributed by atoms with Crippen molar-refractivity contribution in [3.63, 3.8) is 0 Å². The van der Waals surface area contributed by atoms with Crippen LogP contribution in [0.15, 0.2) is 69.5 Å². The maximum atomic E-state index is 6.36. The molecule has 0 spiro atoms. The fourth-order valence-corrected chi connectivity index (χ4v) is 8.23. The van der Waals surface area contributed by atoms with E-state index >= 15 is 0 Å². The first kappa shape index (κ1) is 36.5. The van der Waals surface area contributed by atoms with Gasteiger partial charge in [0, 0.05) is 23.6 Å². The standard InChI is InChI=1S/C48H64O2/c1-3-5-7-9-11-13-15-17-19-21-23-25-41-31-39-33-45-37(35-47(39)49-41)27-29-44-43(45)30-28-38-36-48-40(34-46(38)44)32-42(50-48)26-24-22-20-18-16-14-12-10-8-6-4-2/h27-36H,3-26H2,1-2H3. The zero-order valence-electron chi connectivity index (χ0n) is 31.6. The van der Waals surface area contributed by atoms with Gasteiger partial charge in [0.05, 0.1) is 0 Å². The van der Waals surface area contributed by atoms with E-state index in [1.54, 1.807) is 0 Å². The highest BCUT2D eigenvalue weighted by Crippen LogP contribution is 2.37. The number of unbranched alkanes of at least 4 members (excludes halogenated alkanes) is 20. The van der Waals surface area contributed by atoms with E-state index in [0.29, 0.717) is 0 Å². The van der Waals surface area contributed by atoms with Crippen LogP contribution in [0.4, 0.5) is 0 Å². The van der Waals surface area contributed by atoms with E-state index in [2.05, 4.69) is 74.5 Å². The van der Waals surface area contributed by atoms with Gasteiger partial charge in [-0.15, -0.1) is 0 Å². The average Bonchev–Trinajstić information content (AvgIpc) is 3.73. The van der Waals surface area contributed by atoms with Crippen LogP contribution >= 0.6 is 0 Å². The summed E-state index contributed by atoms with van der Waals surface area (Å²) in [5, 5.41) is 10.2. The summed E-state index contributed by atoms with van der Waals surface area (Å²) in [5.41, 5.74) is 2.03. The third-order valence-corrected chi connectivity index (χ3v) is 11.3. The van der Waals surface area contributed by atoms with Gasteiger partial charge in [0.1, 0.15) is 22.7 Å². The Morgan fingerprint density at radius 3 is 1.02 bits per heavy atom. The first-order chi connectivity index (χ1) is 24.7. The molecule has 2 heterocycles. The van der Waals surface area contributed by atoms with Gasteiger partial charge in [0.2, 0.25) is 0 Å². The van der Waals surface area contributed by atoms with Crippen LogP contribution in [0.2, 0.25) is 0 Å². The summed E-state index contributed by atoms with van der Waals surface area (Å²) in [7, 11) is 0. The second-order valence-electron chi connectivity index (χ2n) is 15.4. The van der Waals surface area contributed by atoms with Gasteiger partial charge in [0.15, 0.2) is 0 Å². The highest BCUT2D eigenvalue weighted by molar-refractivity contribution is 6.20. The van der Waals surface area contributed by atoms with Crippen molar-refractivity contribution in [3.8, 4) is 0 Å². The normalized spacial score (nSPS) is 12.1. The Balaban J connectivity index is 1.03. The average molecular weight is 673 g/mol. The molecule has 2 nitrogen and oxygen atoms in total. The van der Waals surface area contributed by atoms with Crippen LogP contribution in [-0.4, -0.2) is 0 Å². The maximum absolute atomic E-state index is 6.36. The number of hydrogen-bond acceptors (Lipinski definition) is 2. The van der Waals surface area contributed by atoms with Crippen molar-refractivity contribution >= 4 is 54.3 Å². The first-order valence-electron chi connectivity index (χ1n) is 21.0. The quantitative estimate of drug-likeness (QED) is 0.0472. The van der Waals surface area contributed by atoms with Crippen LogP contribution in [0.5, 0.6) is 0 Å². The fraction of sp³-hybridized carbons (Fsp3) is 0.542. The van der Waals surface area contributed by atoms with E-state index in [1.165, 1.54) is 184 Å². The van der Waals surface area contributed by atoms with Crippen molar-refractivity contribution in [1.29, 1.82) is 0 Å². The van der Waals surface area contributed by atoms with E-state index in [4.69, 9.17) is 8.83 Å². The highest BCUT2D eigenvalue weighted by Gasteiger charge is 2.12. The molecule has 0 aliphatic carbocycles. The summed E-state index contributed by atoms with van der Waals surface area (Å²) in [6.45, 7) is 4.59. The van der Waals surface area contributed by atoms with E-state index in [1.807, 2.05) is 0 Å². The number of hydrogen-bond donors (Lipinski definition) is 0.